The van der Waals surface area contributed by atoms with E-state index in [1.807, 2.05) is 0 Å². The Morgan fingerprint density at radius 3 is 2.56 bits per heavy atom. The Balaban J connectivity index is 1.78. The van der Waals surface area contributed by atoms with Crippen molar-refractivity contribution in [3.63, 3.8) is 0 Å². The van der Waals surface area contributed by atoms with Crippen molar-refractivity contribution in [2.45, 2.75) is 23.8 Å². The van der Waals surface area contributed by atoms with Crippen LogP contribution in [-0.4, -0.2) is 83.0 Å². The second kappa shape index (κ2) is 8.87. The van der Waals surface area contributed by atoms with Crippen LogP contribution in [-0.2, 0) is 24.6 Å². The molecule has 0 spiro atoms. The monoisotopic (exact) mass is 480 g/mol. The lowest BCUT2D eigenvalue weighted by molar-refractivity contribution is 0.0367. The number of morpholine rings is 1. The van der Waals surface area contributed by atoms with Gasteiger partial charge in [-0.2, -0.15) is 4.31 Å². The second-order valence-corrected chi connectivity index (χ2v) is 11.9. The highest BCUT2D eigenvalue weighted by molar-refractivity contribution is 9.10. The van der Waals surface area contributed by atoms with Crippen LogP contribution >= 0.6 is 15.9 Å². The molecule has 2 fully saturated rings. The van der Waals surface area contributed by atoms with Crippen molar-refractivity contribution in [1.29, 1.82) is 0 Å². The van der Waals surface area contributed by atoms with Gasteiger partial charge < -0.3 is 4.74 Å². The Morgan fingerprint density at radius 1 is 1.22 bits per heavy atom. The van der Waals surface area contributed by atoms with Gasteiger partial charge in [-0.05, 0) is 47.4 Å². The number of hydrogen-bond acceptors (Lipinski definition) is 6. The predicted octanol–water partition coefficient (Wildman–Crippen LogP) is 1.35. The minimum Gasteiger partial charge on any atom is -0.379 e. The zero-order valence-corrected chi connectivity index (χ0v) is 18.3. The molecular formula is C17H25BrN2O5S2. The molecule has 2 heterocycles. The fourth-order valence-electron chi connectivity index (χ4n) is 3.56. The first kappa shape index (κ1) is 21.2. The molecule has 0 saturated carbocycles. The Kier molecular flexibility index (Phi) is 6.97. The zero-order valence-electron chi connectivity index (χ0n) is 15.1. The summed E-state index contributed by atoms with van der Waals surface area (Å²) >= 11 is 3.32. The third-order valence-electron chi connectivity index (χ3n) is 5.00. The fraction of sp³-hybridized carbons (Fsp3) is 0.647. The number of ether oxygens (including phenoxy) is 1. The second-order valence-electron chi connectivity index (χ2n) is 6.91. The van der Waals surface area contributed by atoms with Crippen LogP contribution in [0.3, 0.4) is 0 Å². The minimum absolute atomic E-state index is 0.0448. The van der Waals surface area contributed by atoms with Crippen LogP contribution in [0.4, 0.5) is 0 Å². The van der Waals surface area contributed by atoms with Gasteiger partial charge in [-0.1, -0.05) is 12.1 Å². The quantitative estimate of drug-likeness (QED) is 0.585. The van der Waals surface area contributed by atoms with Crippen LogP contribution in [0, 0.1) is 0 Å². The van der Waals surface area contributed by atoms with Crippen molar-refractivity contribution in [2.75, 3.05) is 50.9 Å². The molecule has 1 aromatic carbocycles. The van der Waals surface area contributed by atoms with Crippen LogP contribution in [0.5, 0.6) is 0 Å². The van der Waals surface area contributed by atoms with E-state index >= 15 is 0 Å². The minimum atomic E-state index is -3.79. The van der Waals surface area contributed by atoms with Gasteiger partial charge in [-0.15, -0.1) is 0 Å². The Labute approximate surface area is 169 Å². The van der Waals surface area contributed by atoms with Gasteiger partial charge in [0.25, 0.3) is 0 Å². The number of halogens is 1. The molecular weight excluding hydrogens is 456 g/mol. The van der Waals surface area contributed by atoms with Crippen LogP contribution in [0.1, 0.15) is 12.8 Å². The highest BCUT2D eigenvalue weighted by atomic mass is 79.9. The van der Waals surface area contributed by atoms with Crippen LogP contribution in [0.15, 0.2) is 33.6 Å². The van der Waals surface area contributed by atoms with Crippen molar-refractivity contribution in [3.05, 3.63) is 28.7 Å². The molecule has 0 radical (unpaired) electrons. The Hall–Kier alpha value is -0.520. The summed E-state index contributed by atoms with van der Waals surface area (Å²) in [6.07, 6.45) is 1.00. The lowest BCUT2D eigenvalue weighted by Crippen LogP contribution is -2.43. The van der Waals surface area contributed by atoms with E-state index in [1.54, 1.807) is 24.3 Å². The molecule has 1 aromatic rings. The summed E-state index contributed by atoms with van der Waals surface area (Å²) in [6, 6.07) is 6.17. The normalized spacial score (nSPS) is 23.7. The molecule has 2 saturated heterocycles. The van der Waals surface area contributed by atoms with E-state index in [4.69, 9.17) is 4.74 Å². The van der Waals surface area contributed by atoms with Gasteiger partial charge in [0.2, 0.25) is 10.0 Å². The predicted molar refractivity (Wildman–Crippen MR) is 107 cm³/mol. The molecule has 7 nitrogen and oxygen atoms in total. The molecule has 2 aliphatic rings. The van der Waals surface area contributed by atoms with Crippen molar-refractivity contribution in [1.82, 2.24) is 9.21 Å². The molecule has 0 N–H and O–H groups in total. The molecule has 0 aromatic heterocycles. The molecule has 0 amide bonds. The van der Waals surface area contributed by atoms with Gasteiger partial charge in [0, 0.05) is 30.1 Å². The van der Waals surface area contributed by atoms with Gasteiger partial charge in [-0.3, -0.25) is 4.90 Å². The van der Waals surface area contributed by atoms with Crippen LogP contribution in [0.2, 0.25) is 0 Å². The maximum atomic E-state index is 13.3. The summed E-state index contributed by atoms with van der Waals surface area (Å²) in [5, 5.41) is 0. The van der Waals surface area contributed by atoms with E-state index in [2.05, 4.69) is 20.8 Å². The number of rotatable bonds is 7. The first-order chi connectivity index (χ1) is 12.8. The van der Waals surface area contributed by atoms with E-state index in [0.29, 0.717) is 37.1 Å². The highest BCUT2D eigenvalue weighted by Crippen LogP contribution is 2.29. The summed E-state index contributed by atoms with van der Waals surface area (Å²) in [4.78, 5) is 2.43. The molecule has 1 unspecified atom stereocenters. The van der Waals surface area contributed by atoms with Crippen molar-refractivity contribution >= 4 is 35.8 Å². The molecule has 3 rings (SSSR count). The van der Waals surface area contributed by atoms with Gasteiger partial charge >= 0.3 is 0 Å². The van der Waals surface area contributed by atoms with Crippen molar-refractivity contribution in [2.24, 2.45) is 0 Å². The first-order valence-electron chi connectivity index (χ1n) is 9.06. The maximum absolute atomic E-state index is 13.3. The number of benzene rings is 1. The number of hydrogen-bond donors (Lipinski definition) is 0. The SMILES string of the molecule is O=S1(=O)CCC(N(CCCN2CCOCC2)S(=O)(=O)c2ccccc2Br)C1. The molecule has 1 atom stereocenters. The standard InChI is InChI=1S/C17H25BrN2O5S2/c18-16-4-1-2-5-17(16)27(23,24)20(15-6-13-26(21,22)14-15)8-3-7-19-9-11-25-12-10-19/h1-2,4-5,15H,3,6-14H2. The number of sulfonamides is 1. The highest BCUT2D eigenvalue weighted by Gasteiger charge is 2.39. The van der Waals surface area contributed by atoms with Gasteiger partial charge in [0.05, 0.1) is 29.6 Å². The summed E-state index contributed by atoms with van der Waals surface area (Å²) in [5.41, 5.74) is 0. The van der Waals surface area contributed by atoms with E-state index in [-0.39, 0.29) is 16.4 Å². The van der Waals surface area contributed by atoms with Crippen molar-refractivity contribution < 1.29 is 21.6 Å². The lowest BCUT2D eigenvalue weighted by Gasteiger charge is -2.30. The number of sulfone groups is 1. The molecule has 0 aliphatic carbocycles. The Bertz CT molecular complexity index is 854. The fourth-order valence-corrected chi connectivity index (χ4v) is 8.04. The Morgan fingerprint density at radius 2 is 1.93 bits per heavy atom. The summed E-state index contributed by atoms with van der Waals surface area (Å²) in [7, 11) is -6.97. The molecule has 27 heavy (non-hydrogen) atoms. The molecule has 0 bridgehead atoms. The van der Waals surface area contributed by atoms with Crippen molar-refractivity contribution in [3.8, 4) is 0 Å². The van der Waals surface area contributed by atoms with E-state index in [9.17, 15) is 16.8 Å². The van der Waals surface area contributed by atoms with E-state index < -0.39 is 25.9 Å². The first-order valence-corrected chi connectivity index (χ1v) is 13.1. The van der Waals surface area contributed by atoms with Crippen LogP contribution in [0.25, 0.3) is 0 Å². The summed E-state index contributed by atoms with van der Waals surface area (Å²) in [6.45, 7) is 4.15. The third kappa shape index (κ3) is 5.30. The molecule has 152 valence electrons. The average molecular weight is 481 g/mol. The van der Waals surface area contributed by atoms with Gasteiger partial charge in [0.15, 0.2) is 9.84 Å². The molecule has 2 aliphatic heterocycles. The average Bonchev–Trinajstić information content (AvgIpc) is 2.99. The largest absolute Gasteiger partial charge is 0.379 e. The van der Waals surface area contributed by atoms with Crippen LogP contribution < -0.4 is 0 Å². The zero-order chi connectivity index (χ0) is 19.5. The molecule has 10 heteroatoms. The lowest BCUT2D eigenvalue weighted by atomic mass is 10.2. The van der Waals surface area contributed by atoms with Gasteiger partial charge in [-0.25, -0.2) is 16.8 Å². The van der Waals surface area contributed by atoms with E-state index in [0.717, 1.165) is 19.6 Å². The maximum Gasteiger partial charge on any atom is 0.244 e. The van der Waals surface area contributed by atoms with E-state index in [1.165, 1.54) is 4.31 Å². The summed E-state index contributed by atoms with van der Waals surface area (Å²) in [5.74, 6) is -0.0582. The smallest absolute Gasteiger partial charge is 0.244 e. The summed E-state index contributed by atoms with van der Waals surface area (Å²) < 4.78 is 57.7. The number of nitrogens with zero attached hydrogens (tertiary/aromatic N) is 2. The topological polar surface area (TPSA) is 84.0 Å². The third-order valence-corrected chi connectivity index (χ3v) is 9.71. The van der Waals surface area contributed by atoms with Gasteiger partial charge in [0.1, 0.15) is 0 Å².